The Balaban J connectivity index is 0.000000223. The Morgan fingerprint density at radius 2 is 0.833 bits per heavy atom. The van der Waals surface area contributed by atoms with Crippen molar-refractivity contribution in [2.45, 2.75) is 42.4 Å². The molecule has 1 saturated carbocycles. The predicted octanol–water partition coefficient (Wildman–Crippen LogP) is 9.59. The van der Waals surface area contributed by atoms with Gasteiger partial charge in [-0.1, -0.05) is 71.8 Å². The summed E-state index contributed by atoms with van der Waals surface area (Å²) >= 11 is 0. The Labute approximate surface area is 304 Å². The van der Waals surface area contributed by atoms with Gasteiger partial charge in [-0.15, -0.1) is 49.4 Å². The molecule has 5 heteroatoms. The topological polar surface area (TPSA) is 54.0 Å². The van der Waals surface area contributed by atoms with Crippen LogP contribution in [0, 0.1) is 13.8 Å². The molecule has 9 rings (SSSR count). The average molecular weight is 702 g/mol. The third-order valence-electron chi connectivity index (χ3n) is 9.65. The van der Waals surface area contributed by atoms with Crippen LogP contribution in [0.2, 0.25) is 0 Å². The Bertz CT molecular complexity index is 1740. The summed E-state index contributed by atoms with van der Waals surface area (Å²) in [5.74, 6) is 0.781. The van der Waals surface area contributed by atoms with Crippen LogP contribution >= 0.6 is 0 Å². The fourth-order valence-electron chi connectivity index (χ4n) is 7.72. The summed E-state index contributed by atoms with van der Waals surface area (Å²) in [6.07, 6.45) is 7.41. The molecular weight excluding hydrogens is 664 g/mol. The summed E-state index contributed by atoms with van der Waals surface area (Å²) in [7, 11) is 0. The van der Waals surface area contributed by atoms with Gasteiger partial charge in [-0.25, -0.2) is 0 Å². The van der Waals surface area contributed by atoms with E-state index in [2.05, 4.69) is 96.6 Å². The third kappa shape index (κ3) is 6.43. The summed E-state index contributed by atoms with van der Waals surface area (Å²) in [5, 5.41) is 10.7. The molecule has 0 amide bonds. The van der Waals surface area contributed by atoms with Crippen molar-refractivity contribution in [3.05, 3.63) is 227 Å². The first-order valence-electron chi connectivity index (χ1n) is 16.2. The number of nitrogens with zero attached hydrogens (tertiary/aromatic N) is 4. The number of pyridine rings is 2. The van der Waals surface area contributed by atoms with Crippen LogP contribution in [0.25, 0.3) is 10.6 Å². The Hall–Kier alpha value is -4.28. The SMILES string of the molecule is [CH2-]c1ccccc1.[CH2-]c1ccccc1.[Zr+4].c1ccc2c(c1)C1[C@@H]([N-]Cc3ccncc3)[C@H]([N-]Cc3ccncc3)C3c4ccccc4C213. The maximum Gasteiger partial charge on any atom is 4.00 e. The first kappa shape index (κ1) is 33.6. The molecule has 2 heterocycles. The molecule has 0 N–H and O–H groups in total. The van der Waals surface area contributed by atoms with Gasteiger partial charge in [0, 0.05) is 30.2 Å². The smallest absolute Gasteiger partial charge is 0.656 e. The van der Waals surface area contributed by atoms with Crippen molar-refractivity contribution in [2.24, 2.45) is 0 Å². The van der Waals surface area contributed by atoms with Gasteiger partial charge in [-0.2, -0.15) is 49.2 Å². The molecule has 0 aliphatic heterocycles. The number of hydrogen-bond donors (Lipinski definition) is 0. The molecule has 2 unspecified atom stereocenters. The van der Waals surface area contributed by atoms with E-state index in [0.29, 0.717) is 24.9 Å². The van der Waals surface area contributed by atoms with Crippen LogP contribution in [0.3, 0.4) is 0 Å². The van der Waals surface area contributed by atoms with Crippen LogP contribution in [-0.4, -0.2) is 22.1 Å². The van der Waals surface area contributed by atoms with Gasteiger partial charge in [0.05, 0.1) is 0 Å². The van der Waals surface area contributed by atoms with Gasteiger partial charge in [0.15, 0.2) is 0 Å². The van der Waals surface area contributed by atoms with Gasteiger partial charge in [-0.3, -0.25) is 9.97 Å². The minimum absolute atomic E-state index is 0. The molecule has 0 radical (unpaired) electrons. The normalized spacial score (nSPS) is 21.8. The maximum atomic E-state index is 5.35. The van der Waals surface area contributed by atoms with Gasteiger partial charge >= 0.3 is 26.2 Å². The Morgan fingerprint density at radius 1 is 0.479 bits per heavy atom. The standard InChI is InChI=1S/C29H24N4.2C7H7.Zr/c1-3-7-23-21(5-1)25-27(32-17-19-9-13-30-14-10-19)28(33-18-20-11-15-31-16-12-20)26-22-6-2-4-8-24(22)29(23,25)26;2*1-7-5-3-2-4-6-7;/h1-16,25-28H,17-18H2;2*2-6H,1H2;/q-2;2*-1;+4/t25?,26?,27-,28-,29?;;;/m1.../s1. The summed E-state index contributed by atoms with van der Waals surface area (Å²) in [5.41, 5.74) is 10.5. The minimum Gasteiger partial charge on any atom is -0.656 e. The van der Waals surface area contributed by atoms with E-state index in [1.54, 1.807) is 0 Å². The van der Waals surface area contributed by atoms with Crippen LogP contribution in [0.4, 0.5) is 0 Å². The number of aromatic nitrogens is 2. The van der Waals surface area contributed by atoms with Crippen molar-refractivity contribution in [1.82, 2.24) is 9.97 Å². The van der Waals surface area contributed by atoms with Crippen LogP contribution < -0.4 is 0 Å². The van der Waals surface area contributed by atoms with E-state index in [0.717, 1.165) is 11.1 Å². The molecule has 3 aliphatic carbocycles. The van der Waals surface area contributed by atoms with E-state index in [1.165, 1.54) is 33.4 Å². The maximum absolute atomic E-state index is 5.35. The molecule has 3 aliphatic rings. The number of benzene rings is 4. The van der Waals surface area contributed by atoms with Gasteiger partial charge < -0.3 is 10.6 Å². The van der Waals surface area contributed by atoms with E-state index in [-0.39, 0.29) is 43.7 Å². The van der Waals surface area contributed by atoms with Crippen molar-refractivity contribution in [2.75, 3.05) is 0 Å². The van der Waals surface area contributed by atoms with E-state index >= 15 is 0 Å². The van der Waals surface area contributed by atoms with E-state index < -0.39 is 0 Å². The predicted molar refractivity (Wildman–Crippen MR) is 191 cm³/mol. The average Bonchev–Trinajstić information content (AvgIpc) is 3.32. The van der Waals surface area contributed by atoms with E-state index in [9.17, 15) is 0 Å². The van der Waals surface area contributed by atoms with Crippen molar-refractivity contribution in [3.63, 3.8) is 0 Å². The summed E-state index contributed by atoms with van der Waals surface area (Å²) in [6.45, 7) is 8.84. The largest absolute Gasteiger partial charge is 4.00 e. The van der Waals surface area contributed by atoms with Gasteiger partial charge in [0.25, 0.3) is 0 Å². The molecule has 4 aromatic carbocycles. The van der Waals surface area contributed by atoms with Gasteiger partial charge in [-0.05, 0) is 58.4 Å². The van der Waals surface area contributed by atoms with E-state index in [1.807, 2.05) is 85.5 Å². The van der Waals surface area contributed by atoms with Crippen LogP contribution in [-0.2, 0) is 44.7 Å². The second kappa shape index (κ2) is 15.3. The van der Waals surface area contributed by atoms with Gasteiger partial charge in [0.2, 0.25) is 0 Å². The fourth-order valence-corrected chi connectivity index (χ4v) is 7.72. The molecule has 1 spiro atoms. The molecule has 2 aromatic heterocycles. The summed E-state index contributed by atoms with van der Waals surface area (Å²) < 4.78 is 0. The molecule has 48 heavy (non-hydrogen) atoms. The quantitative estimate of drug-likeness (QED) is 0.163. The van der Waals surface area contributed by atoms with Crippen molar-refractivity contribution in [1.29, 1.82) is 0 Å². The van der Waals surface area contributed by atoms with Crippen molar-refractivity contribution in [3.8, 4) is 0 Å². The number of rotatable bonds is 6. The van der Waals surface area contributed by atoms with Crippen LogP contribution in [0.1, 0.15) is 56.3 Å². The zero-order chi connectivity index (χ0) is 32.1. The first-order valence-corrected chi connectivity index (χ1v) is 16.2. The molecule has 4 atom stereocenters. The first-order chi connectivity index (χ1) is 23.2. The summed E-state index contributed by atoms with van der Waals surface area (Å²) in [4.78, 5) is 8.33. The second-order valence-corrected chi connectivity index (χ2v) is 12.3. The second-order valence-electron chi connectivity index (χ2n) is 12.3. The van der Waals surface area contributed by atoms with Crippen LogP contribution in [0.5, 0.6) is 0 Å². The van der Waals surface area contributed by atoms with Gasteiger partial charge in [0.1, 0.15) is 0 Å². The number of hydrogen-bond acceptors (Lipinski definition) is 2. The molecule has 234 valence electrons. The molecule has 0 saturated heterocycles. The van der Waals surface area contributed by atoms with Crippen molar-refractivity contribution >= 4 is 0 Å². The summed E-state index contributed by atoms with van der Waals surface area (Å²) in [6, 6.07) is 46.3. The molecule has 1 fully saturated rings. The Morgan fingerprint density at radius 3 is 1.19 bits per heavy atom. The van der Waals surface area contributed by atoms with Crippen LogP contribution in [0.15, 0.2) is 158 Å². The Kier molecular flexibility index (Phi) is 10.7. The molecule has 6 aromatic rings. The zero-order valence-electron chi connectivity index (χ0n) is 26.9. The molecule has 0 bridgehead atoms. The molecular formula is C43H38N4Zr. The van der Waals surface area contributed by atoms with E-state index in [4.69, 9.17) is 10.6 Å². The number of fused-ring (bicyclic) bond motifs is 4. The monoisotopic (exact) mass is 700 g/mol. The molecule has 4 nitrogen and oxygen atoms in total. The minimum atomic E-state index is 0. The fraction of sp³-hybridized carbons (Fsp3) is 0.163. The van der Waals surface area contributed by atoms with Crippen molar-refractivity contribution < 1.29 is 26.2 Å². The third-order valence-corrected chi connectivity index (χ3v) is 9.65. The zero-order valence-corrected chi connectivity index (χ0v) is 29.4.